The summed E-state index contributed by atoms with van der Waals surface area (Å²) in [6, 6.07) is 13.3. The second kappa shape index (κ2) is 8.17. The van der Waals surface area contributed by atoms with Gasteiger partial charge < -0.3 is 34.9 Å². The molecule has 158 valence electrons. The quantitative estimate of drug-likeness (QED) is 0.400. The van der Waals surface area contributed by atoms with E-state index in [1.807, 2.05) is 37.3 Å². The summed E-state index contributed by atoms with van der Waals surface area (Å²) in [5.41, 5.74) is 2.38. The third kappa shape index (κ3) is 3.60. The van der Waals surface area contributed by atoms with Crippen LogP contribution < -0.4 is 10.9 Å². The zero-order valence-electron chi connectivity index (χ0n) is 16.2. The monoisotopic (exact) mass is 413 g/mol. The van der Waals surface area contributed by atoms with Crippen LogP contribution in [0, 0.1) is 6.92 Å². The first-order valence-electron chi connectivity index (χ1n) is 9.60. The number of hydrogen-bond acceptors (Lipinski definition) is 8. The fourth-order valence-corrected chi connectivity index (χ4v) is 3.83. The van der Waals surface area contributed by atoms with Gasteiger partial charge in [0.2, 0.25) is 0 Å². The fraction of sp³-hybridized carbons (Fsp3) is 0.318. The van der Waals surface area contributed by atoms with Gasteiger partial charge in [-0.3, -0.25) is 0 Å². The first-order chi connectivity index (χ1) is 14.4. The molecule has 3 unspecified atom stereocenters. The van der Waals surface area contributed by atoms with Crippen molar-refractivity contribution in [1.29, 1.82) is 0 Å². The lowest BCUT2D eigenvalue weighted by molar-refractivity contribution is -0.245. The van der Waals surface area contributed by atoms with E-state index in [1.165, 1.54) is 0 Å². The Balaban J connectivity index is 1.67. The lowest BCUT2D eigenvalue weighted by Gasteiger charge is -2.40. The first-order valence-corrected chi connectivity index (χ1v) is 9.60. The Morgan fingerprint density at radius 3 is 2.47 bits per heavy atom. The van der Waals surface area contributed by atoms with Gasteiger partial charge in [-0.2, -0.15) is 0 Å². The molecule has 3 aromatic rings. The molecule has 1 saturated heterocycles. The normalized spacial score (nSPS) is 26.6. The highest BCUT2D eigenvalue weighted by Gasteiger charge is 2.43. The minimum atomic E-state index is -1.45. The second-order valence-electron chi connectivity index (χ2n) is 7.37. The zero-order valence-corrected chi connectivity index (χ0v) is 16.2. The number of aryl methyl sites for hydroxylation is 1. The van der Waals surface area contributed by atoms with Crippen molar-refractivity contribution in [3.8, 4) is 11.1 Å². The predicted octanol–water partition coefficient (Wildman–Crippen LogP) is 0.980. The highest BCUT2D eigenvalue weighted by molar-refractivity contribution is 5.88. The van der Waals surface area contributed by atoms with Crippen molar-refractivity contribution in [1.82, 2.24) is 0 Å². The van der Waals surface area contributed by atoms with E-state index in [0.717, 1.165) is 16.5 Å². The largest absolute Gasteiger partial charge is 0.422 e. The summed E-state index contributed by atoms with van der Waals surface area (Å²) in [5.74, 6) is 0. The zero-order chi connectivity index (χ0) is 21.4. The lowest BCUT2D eigenvalue weighted by atomic mass is 9.96. The van der Waals surface area contributed by atoms with Crippen LogP contribution >= 0.6 is 0 Å². The summed E-state index contributed by atoms with van der Waals surface area (Å²) in [6.07, 6.45) is -5.28. The minimum absolute atomic E-state index is 0.344. The summed E-state index contributed by atoms with van der Waals surface area (Å²) >= 11 is 0. The van der Waals surface area contributed by atoms with Gasteiger partial charge >= 0.3 is 5.63 Å². The number of nitrogens with one attached hydrogen (secondary N) is 1. The molecule has 0 saturated carbocycles. The number of aliphatic hydroxyl groups is 4. The Hall–Kier alpha value is -2.75. The van der Waals surface area contributed by atoms with Crippen molar-refractivity contribution in [2.24, 2.45) is 0 Å². The predicted molar refractivity (Wildman–Crippen MR) is 110 cm³/mol. The van der Waals surface area contributed by atoms with Crippen LogP contribution in [0.4, 0.5) is 5.69 Å². The average molecular weight is 413 g/mol. The first kappa shape index (κ1) is 20.5. The van der Waals surface area contributed by atoms with Crippen molar-refractivity contribution in [2.45, 2.75) is 37.6 Å². The number of ether oxygens (including phenoxy) is 1. The highest BCUT2D eigenvalue weighted by Crippen LogP contribution is 2.29. The van der Waals surface area contributed by atoms with Crippen LogP contribution in [0.1, 0.15) is 5.56 Å². The van der Waals surface area contributed by atoms with Crippen LogP contribution in [0.15, 0.2) is 57.7 Å². The van der Waals surface area contributed by atoms with E-state index in [1.54, 1.807) is 18.2 Å². The van der Waals surface area contributed by atoms with Gasteiger partial charge in [0.1, 0.15) is 29.9 Å². The topological polar surface area (TPSA) is 132 Å². The maximum atomic E-state index is 12.6. The summed E-state index contributed by atoms with van der Waals surface area (Å²) < 4.78 is 10.7. The number of rotatable bonds is 4. The molecule has 1 fully saturated rings. The average Bonchev–Trinajstić information content (AvgIpc) is 2.74. The van der Waals surface area contributed by atoms with Gasteiger partial charge in [-0.25, -0.2) is 4.79 Å². The molecule has 30 heavy (non-hydrogen) atoms. The van der Waals surface area contributed by atoms with Crippen LogP contribution in [0.2, 0.25) is 0 Å². The molecule has 0 spiro atoms. The van der Waals surface area contributed by atoms with E-state index in [-0.39, 0.29) is 0 Å². The van der Waals surface area contributed by atoms with Crippen molar-refractivity contribution in [2.75, 3.05) is 11.9 Å². The molecule has 4 rings (SSSR count). The molecule has 2 aromatic carbocycles. The smallest absolute Gasteiger partial charge is 0.344 e. The van der Waals surface area contributed by atoms with Crippen LogP contribution in [-0.2, 0) is 4.74 Å². The molecular weight excluding hydrogens is 390 g/mol. The Labute approximate surface area is 172 Å². The molecule has 5 N–H and O–H groups in total. The number of hydrogen-bond donors (Lipinski definition) is 5. The molecule has 0 amide bonds. The number of benzene rings is 2. The molecule has 8 nitrogen and oxygen atoms in total. The van der Waals surface area contributed by atoms with Gasteiger partial charge in [0.25, 0.3) is 0 Å². The maximum absolute atomic E-state index is 12.6. The SMILES string of the molecule is Cc1c(-c2ccccc2)c(=O)oc2cc(NC3C(O)OC(CO)[C@H](O)[C@H]3O)ccc12. The Kier molecular flexibility index (Phi) is 5.59. The van der Waals surface area contributed by atoms with Crippen molar-refractivity contribution < 1.29 is 29.6 Å². The van der Waals surface area contributed by atoms with Crippen molar-refractivity contribution in [3.05, 3.63) is 64.5 Å². The Bertz CT molecular complexity index is 1100. The molecular formula is C22H23NO7. The molecule has 1 aliphatic rings. The van der Waals surface area contributed by atoms with Gasteiger partial charge in [0, 0.05) is 17.1 Å². The minimum Gasteiger partial charge on any atom is -0.422 e. The van der Waals surface area contributed by atoms with Crippen molar-refractivity contribution >= 4 is 16.7 Å². The molecule has 1 aromatic heterocycles. The van der Waals surface area contributed by atoms with E-state index in [0.29, 0.717) is 16.8 Å². The van der Waals surface area contributed by atoms with E-state index in [2.05, 4.69) is 5.32 Å². The third-order valence-electron chi connectivity index (χ3n) is 5.46. The molecule has 8 heteroatoms. The van der Waals surface area contributed by atoms with Crippen LogP contribution in [0.25, 0.3) is 22.1 Å². The third-order valence-corrected chi connectivity index (χ3v) is 5.46. The second-order valence-corrected chi connectivity index (χ2v) is 7.37. The van der Waals surface area contributed by atoms with Gasteiger partial charge in [-0.05, 0) is 30.2 Å². The molecule has 5 atom stereocenters. The van der Waals surface area contributed by atoms with Crippen LogP contribution in [-0.4, -0.2) is 57.7 Å². The van der Waals surface area contributed by atoms with Crippen LogP contribution in [0.3, 0.4) is 0 Å². The van der Waals surface area contributed by atoms with Gasteiger partial charge in [-0.1, -0.05) is 30.3 Å². The van der Waals surface area contributed by atoms with Crippen molar-refractivity contribution in [3.63, 3.8) is 0 Å². The molecule has 2 heterocycles. The molecule has 0 aliphatic carbocycles. The number of aliphatic hydroxyl groups excluding tert-OH is 4. The maximum Gasteiger partial charge on any atom is 0.344 e. The fourth-order valence-electron chi connectivity index (χ4n) is 3.83. The van der Waals surface area contributed by atoms with E-state index >= 15 is 0 Å². The van der Waals surface area contributed by atoms with E-state index in [4.69, 9.17) is 9.15 Å². The summed E-state index contributed by atoms with van der Waals surface area (Å²) in [5, 5.41) is 43.3. The molecule has 1 aliphatic heterocycles. The van der Waals surface area contributed by atoms with Gasteiger partial charge in [0.05, 0.1) is 12.2 Å². The molecule has 0 radical (unpaired) electrons. The lowest BCUT2D eigenvalue weighted by Crippen LogP contribution is -2.61. The summed E-state index contributed by atoms with van der Waals surface area (Å²) in [6.45, 7) is 1.31. The van der Waals surface area contributed by atoms with E-state index < -0.39 is 42.9 Å². The Morgan fingerprint density at radius 2 is 1.77 bits per heavy atom. The van der Waals surface area contributed by atoms with Crippen LogP contribution in [0.5, 0.6) is 0 Å². The summed E-state index contributed by atoms with van der Waals surface area (Å²) in [7, 11) is 0. The number of anilines is 1. The van der Waals surface area contributed by atoms with E-state index in [9.17, 15) is 25.2 Å². The standard InChI is InChI=1S/C22H23NO7/c1-11-14-8-7-13(23-18-20(26)19(25)16(10-24)30-22(18)28)9-15(14)29-21(27)17(11)12-5-3-2-4-6-12/h2-9,16,18-20,22-26,28H,10H2,1H3/t16?,18?,19-,20-,22?/m0/s1. The molecule has 0 bridgehead atoms. The highest BCUT2D eigenvalue weighted by atomic mass is 16.6. The number of fused-ring (bicyclic) bond motifs is 1. The van der Waals surface area contributed by atoms with Gasteiger partial charge in [-0.15, -0.1) is 0 Å². The Morgan fingerprint density at radius 1 is 1.03 bits per heavy atom. The van der Waals surface area contributed by atoms with Gasteiger partial charge in [0.15, 0.2) is 6.29 Å². The summed E-state index contributed by atoms with van der Waals surface area (Å²) in [4.78, 5) is 12.6.